The molecule has 0 aromatic carbocycles. The van der Waals surface area contributed by atoms with Crippen molar-refractivity contribution in [2.75, 3.05) is 13.1 Å². The lowest BCUT2D eigenvalue weighted by Crippen LogP contribution is -2.41. The third kappa shape index (κ3) is 2.80. The van der Waals surface area contributed by atoms with E-state index in [9.17, 15) is 9.59 Å². The standard InChI is InChI=1S/C15H13BrN4O2S2/c16-9-7-12(24-8-9)14(21)19-4-1-10(2-5-19)20-15(22)13-11(17-18-20)3-6-23-13/h3,6-8,10H,1-2,4-5H2. The van der Waals surface area contributed by atoms with Crippen molar-refractivity contribution in [2.24, 2.45) is 0 Å². The largest absolute Gasteiger partial charge is 0.338 e. The summed E-state index contributed by atoms with van der Waals surface area (Å²) >= 11 is 6.21. The van der Waals surface area contributed by atoms with Crippen LogP contribution in [0.25, 0.3) is 10.2 Å². The molecule has 3 aromatic rings. The zero-order valence-corrected chi connectivity index (χ0v) is 15.7. The van der Waals surface area contributed by atoms with Crippen LogP contribution >= 0.6 is 38.6 Å². The number of halogens is 1. The molecule has 1 aliphatic rings. The van der Waals surface area contributed by atoms with Gasteiger partial charge in [-0.1, -0.05) is 5.21 Å². The summed E-state index contributed by atoms with van der Waals surface area (Å²) in [7, 11) is 0. The van der Waals surface area contributed by atoms with Gasteiger partial charge < -0.3 is 4.90 Å². The topological polar surface area (TPSA) is 68.1 Å². The molecule has 1 fully saturated rings. The molecule has 6 nitrogen and oxygen atoms in total. The molecule has 1 aliphatic heterocycles. The maximum absolute atomic E-state index is 12.5. The van der Waals surface area contributed by atoms with Gasteiger partial charge in [-0.25, -0.2) is 4.68 Å². The Hall–Kier alpha value is -1.58. The molecule has 24 heavy (non-hydrogen) atoms. The average Bonchev–Trinajstić information content (AvgIpc) is 3.24. The second-order valence-corrected chi connectivity index (χ2v) is 8.37. The van der Waals surface area contributed by atoms with Crippen molar-refractivity contribution in [2.45, 2.75) is 18.9 Å². The number of amides is 1. The highest BCUT2D eigenvalue weighted by Gasteiger charge is 2.27. The number of fused-ring (bicyclic) bond motifs is 1. The van der Waals surface area contributed by atoms with Crippen molar-refractivity contribution >= 4 is 54.7 Å². The predicted octanol–water partition coefficient (Wildman–Crippen LogP) is 3.15. The second-order valence-electron chi connectivity index (χ2n) is 5.63. The lowest BCUT2D eigenvalue weighted by molar-refractivity contribution is 0.0692. The molecule has 4 rings (SSSR count). The molecule has 0 bridgehead atoms. The summed E-state index contributed by atoms with van der Waals surface area (Å²) in [6.07, 6.45) is 1.42. The number of carbonyl (C=O) groups is 1. The molecule has 0 aliphatic carbocycles. The van der Waals surface area contributed by atoms with E-state index in [2.05, 4.69) is 26.2 Å². The molecule has 124 valence electrons. The summed E-state index contributed by atoms with van der Waals surface area (Å²) in [6.45, 7) is 1.24. The van der Waals surface area contributed by atoms with Gasteiger partial charge in [-0.05, 0) is 46.3 Å². The van der Waals surface area contributed by atoms with E-state index in [-0.39, 0.29) is 17.5 Å². The van der Waals surface area contributed by atoms with Gasteiger partial charge in [0.05, 0.1) is 10.9 Å². The normalized spacial score (nSPS) is 16.0. The van der Waals surface area contributed by atoms with Gasteiger partial charge in [0.15, 0.2) is 0 Å². The van der Waals surface area contributed by atoms with E-state index in [1.165, 1.54) is 27.4 Å². The number of likely N-dealkylation sites (tertiary alicyclic amines) is 1. The Morgan fingerprint density at radius 3 is 2.79 bits per heavy atom. The van der Waals surface area contributed by atoms with Crippen LogP contribution in [0.2, 0.25) is 0 Å². The van der Waals surface area contributed by atoms with E-state index < -0.39 is 0 Å². The van der Waals surface area contributed by atoms with Crippen molar-refractivity contribution in [1.82, 2.24) is 19.9 Å². The highest BCUT2D eigenvalue weighted by molar-refractivity contribution is 9.10. The van der Waals surface area contributed by atoms with Crippen molar-refractivity contribution in [3.63, 3.8) is 0 Å². The number of aromatic nitrogens is 3. The molecule has 1 amide bonds. The van der Waals surface area contributed by atoms with Crippen LogP contribution in [0.1, 0.15) is 28.6 Å². The van der Waals surface area contributed by atoms with Crippen LogP contribution in [0.15, 0.2) is 32.2 Å². The Labute approximate surface area is 153 Å². The molecular formula is C15H13BrN4O2S2. The zero-order valence-electron chi connectivity index (χ0n) is 12.5. The van der Waals surface area contributed by atoms with Crippen LogP contribution in [0.5, 0.6) is 0 Å². The van der Waals surface area contributed by atoms with Crippen LogP contribution in [0.4, 0.5) is 0 Å². The smallest absolute Gasteiger partial charge is 0.287 e. The van der Waals surface area contributed by atoms with Gasteiger partial charge in [0.2, 0.25) is 0 Å². The monoisotopic (exact) mass is 424 g/mol. The van der Waals surface area contributed by atoms with Crippen molar-refractivity contribution < 1.29 is 4.79 Å². The maximum atomic E-state index is 12.5. The minimum atomic E-state index is -0.0815. The van der Waals surface area contributed by atoms with E-state index >= 15 is 0 Å². The van der Waals surface area contributed by atoms with E-state index in [1.807, 2.05) is 21.7 Å². The van der Waals surface area contributed by atoms with E-state index in [4.69, 9.17) is 0 Å². The number of thiophene rings is 2. The Balaban J connectivity index is 1.50. The number of hydrogen-bond donors (Lipinski definition) is 0. The summed E-state index contributed by atoms with van der Waals surface area (Å²) in [4.78, 5) is 27.6. The molecule has 3 aromatic heterocycles. The fourth-order valence-electron chi connectivity index (χ4n) is 2.92. The zero-order chi connectivity index (χ0) is 16.7. The Morgan fingerprint density at radius 2 is 2.08 bits per heavy atom. The van der Waals surface area contributed by atoms with Crippen molar-refractivity contribution in [3.8, 4) is 0 Å². The first-order valence-electron chi connectivity index (χ1n) is 7.49. The third-order valence-electron chi connectivity index (χ3n) is 4.17. The number of rotatable bonds is 2. The van der Waals surface area contributed by atoms with Gasteiger partial charge in [0, 0.05) is 22.9 Å². The highest BCUT2D eigenvalue weighted by Crippen LogP contribution is 2.26. The lowest BCUT2D eigenvalue weighted by atomic mass is 10.1. The fourth-order valence-corrected chi connectivity index (χ4v) is 5.07. The Morgan fingerprint density at radius 1 is 1.29 bits per heavy atom. The quantitative estimate of drug-likeness (QED) is 0.633. The van der Waals surface area contributed by atoms with E-state index in [1.54, 1.807) is 6.07 Å². The molecule has 0 spiro atoms. The first-order chi connectivity index (χ1) is 11.6. The average molecular weight is 425 g/mol. The number of hydrogen-bond acceptors (Lipinski definition) is 6. The van der Waals surface area contributed by atoms with E-state index in [0.717, 1.165) is 9.35 Å². The molecule has 0 N–H and O–H groups in total. The SMILES string of the molecule is O=C(c1cc(Br)cs1)N1CCC(n2nnc3ccsc3c2=O)CC1. The molecule has 0 unspecified atom stereocenters. The molecule has 1 saturated heterocycles. The van der Waals surface area contributed by atoms with Gasteiger partial charge in [0.1, 0.15) is 10.2 Å². The molecular weight excluding hydrogens is 412 g/mol. The van der Waals surface area contributed by atoms with Crippen LogP contribution < -0.4 is 5.56 Å². The van der Waals surface area contributed by atoms with Crippen LogP contribution in [-0.2, 0) is 0 Å². The number of carbonyl (C=O) groups excluding carboxylic acids is 1. The molecule has 4 heterocycles. The minimum absolute atomic E-state index is 0.00405. The summed E-state index contributed by atoms with van der Waals surface area (Å²) in [6, 6.07) is 3.65. The maximum Gasteiger partial charge on any atom is 0.287 e. The number of piperidine rings is 1. The van der Waals surface area contributed by atoms with Gasteiger partial charge in [-0.15, -0.1) is 27.8 Å². The van der Waals surface area contributed by atoms with Gasteiger partial charge in [0.25, 0.3) is 11.5 Å². The van der Waals surface area contributed by atoms with Crippen LogP contribution in [0.3, 0.4) is 0 Å². The first-order valence-corrected chi connectivity index (χ1v) is 10.0. The van der Waals surface area contributed by atoms with Gasteiger partial charge in [-0.3, -0.25) is 9.59 Å². The second kappa shape index (κ2) is 6.38. The van der Waals surface area contributed by atoms with Crippen molar-refractivity contribution in [3.05, 3.63) is 42.6 Å². The third-order valence-corrected chi connectivity index (χ3v) is 6.74. The molecule has 0 atom stereocenters. The highest BCUT2D eigenvalue weighted by atomic mass is 79.9. The van der Waals surface area contributed by atoms with Crippen LogP contribution in [-0.4, -0.2) is 38.9 Å². The molecule has 9 heteroatoms. The Bertz CT molecular complexity index is 956. The summed E-state index contributed by atoms with van der Waals surface area (Å²) in [5.41, 5.74) is 0.569. The van der Waals surface area contributed by atoms with E-state index in [0.29, 0.717) is 36.1 Å². The molecule has 0 saturated carbocycles. The Kier molecular flexibility index (Phi) is 4.23. The molecule has 0 radical (unpaired) electrons. The first kappa shape index (κ1) is 15.9. The summed E-state index contributed by atoms with van der Waals surface area (Å²) in [5.74, 6) is 0.0521. The van der Waals surface area contributed by atoms with Crippen molar-refractivity contribution in [1.29, 1.82) is 0 Å². The minimum Gasteiger partial charge on any atom is -0.338 e. The lowest BCUT2D eigenvalue weighted by Gasteiger charge is -2.31. The summed E-state index contributed by atoms with van der Waals surface area (Å²) in [5, 5.41) is 12.0. The number of nitrogens with zero attached hydrogens (tertiary/aromatic N) is 4. The van der Waals surface area contributed by atoms with Crippen LogP contribution in [0, 0.1) is 0 Å². The van der Waals surface area contributed by atoms with Gasteiger partial charge >= 0.3 is 0 Å². The summed E-state index contributed by atoms with van der Waals surface area (Å²) < 4.78 is 3.06. The predicted molar refractivity (Wildman–Crippen MR) is 97.9 cm³/mol. The van der Waals surface area contributed by atoms with Gasteiger partial charge in [-0.2, -0.15) is 0 Å². The fraction of sp³-hybridized carbons (Fsp3) is 0.333.